The number of pyridine rings is 1. The number of hydrogen-bond acceptors (Lipinski definition) is 8. The Kier molecular flexibility index (Phi) is 4.55. The number of benzene rings is 1. The first kappa shape index (κ1) is 17.2. The highest BCUT2D eigenvalue weighted by Gasteiger charge is 2.20. The zero-order valence-electron chi connectivity index (χ0n) is 14.4. The largest absolute Gasteiger partial charge is 0.480 e. The lowest BCUT2D eigenvalue weighted by atomic mass is 10.2. The zero-order chi connectivity index (χ0) is 18.8. The van der Waals surface area contributed by atoms with E-state index >= 15 is 0 Å². The zero-order valence-corrected chi connectivity index (χ0v) is 15.2. The van der Waals surface area contributed by atoms with E-state index in [0.29, 0.717) is 28.5 Å². The van der Waals surface area contributed by atoms with Crippen molar-refractivity contribution in [1.82, 2.24) is 24.8 Å². The van der Waals surface area contributed by atoms with Gasteiger partial charge in [0, 0.05) is 17.6 Å². The molecule has 0 aliphatic heterocycles. The normalized spacial score (nSPS) is 12.3. The van der Waals surface area contributed by atoms with Crippen LogP contribution in [0.2, 0.25) is 0 Å². The summed E-state index contributed by atoms with van der Waals surface area (Å²) in [6, 6.07) is 9.22. The van der Waals surface area contributed by atoms with E-state index in [1.165, 1.54) is 0 Å². The van der Waals surface area contributed by atoms with Crippen LogP contribution in [0, 0.1) is 0 Å². The summed E-state index contributed by atoms with van der Waals surface area (Å²) < 4.78 is 23.7. The minimum Gasteiger partial charge on any atom is -0.480 e. The molecule has 0 fully saturated rings. The first-order valence-corrected chi connectivity index (χ1v) is 9.65. The Bertz CT molecular complexity index is 1110. The van der Waals surface area contributed by atoms with Crippen LogP contribution in [0.4, 0.5) is 5.82 Å². The van der Waals surface area contributed by atoms with Crippen molar-refractivity contribution < 1.29 is 13.6 Å². The monoisotopic (exact) mass is 384 g/mol. The summed E-state index contributed by atoms with van der Waals surface area (Å²) in [5.41, 5.74) is 8.56. The lowest BCUT2D eigenvalue weighted by Crippen LogP contribution is -2.06. The summed E-state index contributed by atoms with van der Waals surface area (Å²) in [6.45, 7) is 1.85. The molecular weight excluding hydrogens is 368 g/mol. The number of imidazole rings is 1. The predicted molar refractivity (Wildman–Crippen MR) is 101 cm³/mol. The molecule has 0 aliphatic rings. The molecule has 0 spiro atoms. The fourth-order valence-electron chi connectivity index (χ4n) is 2.61. The minimum absolute atomic E-state index is 0.154. The molecule has 0 saturated heterocycles. The van der Waals surface area contributed by atoms with Crippen LogP contribution >= 0.6 is 0 Å². The molecule has 138 valence electrons. The topological polar surface area (TPSA) is 122 Å². The van der Waals surface area contributed by atoms with Crippen molar-refractivity contribution in [3.63, 3.8) is 0 Å². The molecule has 0 aliphatic carbocycles. The molecule has 3 heterocycles. The van der Waals surface area contributed by atoms with Crippen molar-refractivity contribution in [3.8, 4) is 23.0 Å². The van der Waals surface area contributed by atoms with Crippen LogP contribution in [-0.2, 0) is 10.8 Å². The number of rotatable bonds is 6. The fourth-order valence-corrected chi connectivity index (χ4v) is 3.05. The smallest absolute Gasteiger partial charge is 0.199 e. The van der Waals surface area contributed by atoms with E-state index in [2.05, 4.69) is 20.3 Å². The number of anilines is 1. The molecule has 0 bridgehead atoms. The third-order valence-corrected chi connectivity index (χ3v) is 4.98. The van der Waals surface area contributed by atoms with Gasteiger partial charge in [-0.1, -0.05) is 6.92 Å². The molecule has 1 unspecified atom stereocenters. The highest BCUT2D eigenvalue weighted by Crippen LogP contribution is 2.30. The maximum absolute atomic E-state index is 11.5. The molecule has 0 radical (unpaired) electrons. The lowest BCUT2D eigenvalue weighted by Gasteiger charge is -2.10. The van der Waals surface area contributed by atoms with Crippen LogP contribution in [0.1, 0.15) is 6.92 Å². The van der Waals surface area contributed by atoms with Gasteiger partial charge >= 0.3 is 0 Å². The number of nitrogens with two attached hydrogens (primary N) is 1. The van der Waals surface area contributed by atoms with Crippen LogP contribution in [0.5, 0.6) is 5.75 Å². The molecule has 1 atom stereocenters. The molecule has 3 aromatic heterocycles. The van der Waals surface area contributed by atoms with Crippen LogP contribution in [-0.4, -0.2) is 40.7 Å². The average molecular weight is 384 g/mol. The summed E-state index contributed by atoms with van der Waals surface area (Å²) >= 11 is 0. The molecule has 10 heteroatoms. The maximum Gasteiger partial charge on any atom is 0.199 e. The highest BCUT2D eigenvalue weighted by molar-refractivity contribution is 7.84. The van der Waals surface area contributed by atoms with Gasteiger partial charge in [0.2, 0.25) is 0 Å². The maximum atomic E-state index is 11.5. The summed E-state index contributed by atoms with van der Waals surface area (Å²) in [5, 5.41) is 7.50. The second kappa shape index (κ2) is 7.16. The average Bonchev–Trinajstić information content (AvgIpc) is 3.29. The summed E-state index contributed by atoms with van der Waals surface area (Å²) in [7, 11) is -0.991. The number of ether oxygens (including phenoxy) is 1. The number of aromatic nitrogens is 5. The molecule has 27 heavy (non-hydrogen) atoms. The van der Waals surface area contributed by atoms with Gasteiger partial charge in [-0.3, -0.25) is 13.8 Å². The fraction of sp³-hybridized carbons (Fsp3) is 0.176. The van der Waals surface area contributed by atoms with Crippen molar-refractivity contribution in [2.75, 3.05) is 17.4 Å². The van der Waals surface area contributed by atoms with Crippen LogP contribution < -0.4 is 10.5 Å². The van der Waals surface area contributed by atoms with E-state index < -0.39 is 10.8 Å². The number of hydrogen-bond donors (Lipinski definition) is 1. The van der Waals surface area contributed by atoms with E-state index in [9.17, 15) is 4.21 Å². The van der Waals surface area contributed by atoms with Crippen LogP contribution in [0.3, 0.4) is 0 Å². The van der Waals surface area contributed by atoms with Gasteiger partial charge in [0.05, 0.1) is 22.5 Å². The molecule has 0 saturated carbocycles. The highest BCUT2D eigenvalue weighted by atomic mass is 32.2. The lowest BCUT2D eigenvalue weighted by molar-refractivity contribution is 0.310. The van der Waals surface area contributed by atoms with Gasteiger partial charge in [-0.15, -0.1) is 0 Å². The minimum atomic E-state index is -0.991. The summed E-state index contributed by atoms with van der Waals surface area (Å²) in [6.07, 6.45) is 3.35. The van der Waals surface area contributed by atoms with Crippen molar-refractivity contribution in [3.05, 3.63) is 42.7 Å². The van der Waals surface area contributed by atoms with Crippen molar-refractivity contribution in [2.45, 2.75) is 6.92 Å². The van der Waals surface area contributed by atoms with Gasteiger partial charge in [-0.2, -0.15) is 0 Å². The SMILES string of the molecule is CCS(=O)COc1ccc(-n2c(-c3nonc3N)nc3cnccc32)cc1. The van der Waals surface area contributed by atoms with E-state index in [0.717, 1.165) is 11.2 Å². The van der Waals surface area contributed by atoms with Gasteiger partial charge in [-0.05, 0) is 40.6 Å². The van der Waals surface area contributed by atoms with E-state index in [4.69, 9.17) is 15.1 Å². The Balaban J connectivity index is 1.77. The molecule has 4 rings (SSSR count). The van der Waals surface area contributed by atoms with E-state index in [1.54, 1.807) is 12.4 Å². The van der Waals surface area contributed by atoms with Crippen molar-refractivity contribution >= 4 is 27.7 Å². The van der Waals surface area contributed by atoms with Gasteiger partial charge in [0.1, 0.15) is 11.3 Å². The number of nitrogens with zero attached hydrogens (tertiary/aromatic N) is 5. The Labute approximate surface area is 156 Å². The summed E-state index contributed by atoms with van der Waals surface area (Å²) in [5.74, 6) is 2.01. The first-order valence-electron chi connectivity index (χ1n) is 8.16. The number of fused-ring (bicyclic) bond motifs is 1. The number of nitrogen functional groups attached to an aromatic ring is 1. The van der Waals surface area contributed by atoms with Gasteiger partial charge < -0.3 is 10.5 Å². The molecule has 2 N–H and O–H groups in total. The molecule has 0 amide bonds. The second-order valence-electron chi connectivity index (χ2n) is 5.62. The Morgan fingerprint density at radius 1 is 1.22 bits per heavy atom. The Hall–Kier alpha value is -3.27. The van der Waals surface area contributed by atoms with Gasteiger partial charge in [0.25, 0.3) is 0 Å². The molecule has 4 aromatic rings. The molecule has 9 nitrogen and oxygen atoms in total. The van der Waals surface area contributed by atoms with Crippen LogP contribution in [0.15, 0.2) is 47.4 Å². The molecule has 1 aromatic carbocycles. The third-order valence-electron chi connectivity index (χ3n) is 3.96. The Morgan fingerprint density at radius 3 is 2.74 bits per heavy atom. The predicted octanol–water partition coefficient (Wildman–Crippen LogP) is 2.16. The van der Waals surface area contributed by atoms with E-state index in [1.807, 2.05) is 41.8 Å². The standard InChI is InChI=1S/C17H16N6O3S/c1-2-27(24)10-25-12-5-3-11(4-6-12)23-14-7-8-19-9-13(14)20-17(23)15-16(18)22-26-21-15/h3-9H,2,10H2,1H3,(H2,18,22). The summed E-state index contributed by atoms with van der Waals surface area (Å²) in [4.78, 5) is 8.68. The van der Waals surface area contributed by atoms with Crippen molar-refractivity contribution in [2.24, 2.45) is 0 Å². The second-order valence-corrected chi connectivity index (χ2v) is 7.31. The van der Waals surface area contributed by atoms with Gasteiger partial charge in [0.15, 0.2) is 23.3 Å². The molecular formula is C17H16N6O3S. The Morgan fingerprint density at radius 2 is 2.04 bits per heavy atom. The van der Waals surface area contributed by atoms with E-state index in [-0.39, 0.29) is 11.8 Å². The van der Waals surface area contributed by atoms with Gasteiger partial charge in [-0.25, -0.2) is 9.61 Å². The third kappa shape index (κ3) is 3.26. The van der Waals surface area contributed by atoms with Crippen LogP contribution in [0.25, 0.3) is 28.2 Å². The van der Waals surface area contributed by atoms with Crippen molar-refractivity contribution in [1.29, 1.82) is 0 Å². The first-order chi connectivity index (χ1) is 13.2. The quantitative estimate of drug-likeness (QED) is 0.537.